The smallest absolute Gasteiger partial charge is 0.271 e. The van der Waals surface area contributed by atoms with Gasteiger partial charge in [-0.1, -0.05) is 71.7 Å². The summed E-state index contributed by atoms with van der Waals surface area (Å²) in [5.41, 5.74) is 8.51. The minimum absolute atomic E-state index is 0.0412. The Morgan fingerprint density at radius 1 is 0.886 bits per heavy atom. The molecule has 0 fully saturated rings. The minimum Gasteiger partial charge on any atom is -0.316 e. The summed E-state index contributed by atoms with van der Waals surface area (Å²) in [6.07, 6.45) is 1.60. The molecule has 0 bridgehead atoms. The first-order chi connectivity index (χ1) is 21.1. The standard InChI is InChI=1S/C34H30Cl2N4O3S/c1-23-13-18-29(35)20-33(23)39(44(42,43)30-9-5-4-6-10-30)22-26-14-16-27(17-15-26)34(41)38-37-21-28-19-24(2)40(25(28)3)32-12-8-7-11-31(32)36/h4-21H,22H2,1-3H3,(H,38,41)/b37-21-. The summed E-state index contributed by atoms with van der Waals surface area (Å²) in [5, 5.41) is 5.24. The molecule has 0 unspecified atom stereocenters. The number of carbonyl (C=O) groups is 1. The molecule has 1 amide bonds. The topological polar surface area (TPSA) is 83.8 Å². The van der Waals surface area contributed by atoms with Crippen LogP contribution in [-0.2, 0) is 16.6 Å². The Morgan fingerprint density at radius 3 is 2.27 bits per heavy atom. The van der Waals surface area contributed by atoms with E-state index in [1.54, 1.807) is 79.0 Å². The van der Waals surface area contributed by atoms with E-state index in [1.165, 1.54) is 4.31 Å². The normalized spacial score (nSPS) is 11.6. The number of para-hydroxylation sites is 1. The van der Waals surface area contributed by atoms with E-state index in [9.17, 15) is 13.2 Å². The van der Waals surface area contributed by atoms with Crippen molar-refractivity contribution in [1.29, 1.82) is 0 Å². The predicted octanol–water partition coefficient (Wildman–Crippen LogP) is 7.87. The molecule has 44 heavy (non-hydrogen) atoms. The van der Waals surface area contributed by atoms with Gasteiger partial charge < -0.3 is 4.57 Å². The number of aryl methyl sites for hydroxylation is 2. The molecular weight excluding hydrogens is 615 g/mol. The van der Waals surface area contributed by atoms with Crippen LogP contribution in [0.3, 0.4) is 0 Å². The zero-order valence-electron chi connectivity index (χ0n) is 24.3. The van der Waals surface area contributed by atoms with E-state index in [2.05, 4.69) is 10.5 Å². The SMILES string of the molecule is Cc1ccc(Cl)cc1N(Cc1ccc(C(=O)N/N=C\c2cc(C)n(-c3ccccc3Cl)c2C)cc1)S(=O)(=O)c1ccccc1. The third-order valence-corrected chi connectivity index (χ3v) is 9.58. The fraction of sp³-hybridized carbons (Fsp3) is 0.118. The van der Waals surface area contributed by atoms with Gasteiger partial charge in [0.15, 0.2) is 0 Å². The molecule has 224 valence electrons. The van der Waals surface area contributed by atoms with Crippen molar-refractivity contribution < 1.29 is 13.2 Å². The number of anilines is 1. The number of nitrogens with zero attached hydrogens (tertiary/aromatic N) is 3. The molecule has 5 aromatic rings. The quantitative estimate of drug-likeness (QED) is 0.131. The van der Waals surface area contributed by atoms with E-state index in [1.807, 2.05) is 55.7 Å². The number of nitrogens with one attached hydrogen (secondary N) is 1. The molecular formula is C34H30Cl2N4O3S. The van der Waals surface area contributed by atoms with Crippen molar-refractivity contribution in [2.75, 3.05) is 4.31 Å². The van der Waals surface area contributed by atoms with Crippen molar-refractivity contribution in [3.63, 3.8) is 0 Å². The van der Waals surface area contributed by atoms with E-state index >= 15 is 0 Å². The summed E-state index contributed by atoms with van der Waals surface area (Å²) < 4.78 is 30.9. The van der Waals surface area contributed by atoms with E-state index in [4.69, 9.17) is 23.2 Å². The number of sulfonamides is 1. The summed E-state index contributed by atoms with van der Waals surface area (Å²) >= 11 is 12.7. The van der Waals surface area contributed by atoms with Crippen molar-refractivity contribution in [1.82, 2.24) is 9.99 Å². The van der Waals surface area contributed by atoms with E-state index in [0.717, 1.165) is 28.2 Å². The van der Waals surface area contributed by atoms with Gasteiger partial charge in [-0.2, -0.15) is 5.10 Å². The maximum Gasteiger partial charge on any atom is 0.271 e. The van der Waals surface area contributed by atoms with Crippen LogP contribution in [0.15, 0.2) is 113 Å². The van der Waals surface area contributed by atoms with Gasteiger partial charge in [-0.3, -0.25) is 9.10 Å². The molecule has 0 spiro atoms. The lowest BCUT2D eigenvalue weighted by molar-refractivity contribution is 0.0955. The van der Waals surface area contributed by atoms with Crippen molar-refractivity contribution in [3.8, 4) is 5.69 Å². The zero-order valence-corrected chi connectivity index (χ0v) is 26.7. The van der Waals surface area contributed by atoms with Crippen molar-refractivity contribution in [3.05, 3.63) is 147 Å². The van der Waals surface area contributed by atoms with Crippen molar-refractivity contribution in [2.24, 2.45) is 5.10 Å². The first-order valence-electron chi connectivity index (χ1n) is 13.8. The summed E-state index contributed by atoms with van der Waals surface area (Å²) in [6, 6.07) is 29.7. The largest absolute Gasteiger partial charge is 0.316 e. The van der Waals surface area contributed by atoms with Crippen LogP contribution in [0.5, 0.6) is 0 Å². The Balaban J connectivity index is 1.33. The Bertz CT molecular complexity index is 1950. The second-order valence-corrected chi connectivity index (χ2v) is 13.0. The maximum atomic E-state index is 13.7. The van der Waals surface area contributed by atoms with Crippen LogP contribution < -0.4 is 9.73 Å². The van der Waals surface area contributed by atoms with Gasteiger partial charge in [0, 0.05) is 27.5 Å². The van der Waals surface area contributed by atoms with E-state index < -0.39 is 15.9 Å². The molecule has 0 aliphatic rings. The van der Waals surface area contributed by atoms with Gasteiger partial charge in [-0.15, -0.1) is 0 Å². The van der Waals surface area contributed by atoms with Crippen LogP contribution in [0.2, 0.25) is 10.0 Å². The van der Waals surface area contributed by atoms with Gasteiger partial charge in [0.05, 0.1) is 34.1 Å². The molecule has 0 saturated heterocycles. The lowest BCUT2D eigenvalue weighted by Crippen LogP contribution is -2.31. The Labute approximate surface area is 267 Å². The second-order valence-electron chi connectivity index (χ2n) is 10.3. The van der Waals surface area contributed by atoms with E-state index in [0.29, 0.717) is 26.9 Å². The third-order valence-electron chi connectivity index (χ3n) is 7.25. The number of halogens is 2. The van der Waals surface area contributed by atoms with Gasteiger partial charge >= 0.3 is 0 Å². The lowest BCUT2D eigenvalue weighted by Gasteiger charge is -2.26. The highest BCUT2D eigenvalue weighted by atomic mass is 35.5. The number of amides is 1. The number of rotatable bonds is 9. The fourth-order valence-corrected chi connectivity index (χ4v) is 6.86. The molecule has 4 aromatic carbocycles. The number of hydrazone groups is 1. The Hall–Kier alpha value is -4.37. The van der Waals surface area contributed by atoms with Gasteiger partial charge in [-0.05, 0) is 86.5 Å². The van der Waals surface area contributed by atoms with Crippen LogP contribution in [0.4, 0.5) is 5.69 Å². The van der Waals surface area contributed by atoms with Crippen LogP contribution in [0, 0.1) is 20.8 Å². The number of aromatic nitrogens is 1. The predicted molar refractivity (Wildman–Crippen MR) is 178 cm³/mol. The average molecular weight is 646 g/mol. The number of carbonyl (C=O) groups excluding carboxylic acids is 1. The van der Waals surface area contributed by atoms with Crippen LogP contribution in [0.1, 0.15) is 38.4 Å². The van der Waals surface area contributed by atoms with Crippen molar-refractivity contribution >= 4 is 51.0 Å². The van der Waals surface area contributed by atoms with Gasteiger partial charge in [0.25, 0.3) is 15.9 Å². The molecule has 0 aliphatic heterocycles. The molecule has 1 heterocycles. The van der Waals surface area contributed by atoms with E-state index in [-0.39, 0.29) is 11.4 Å². The summed E-state index contributed by atoms with van der Waals surface area (Å²) in [6.45, 7) is 5.82. The molecule has 0 radical (unpaired) electrons. The van der Waals surface area contributed by atoms with Crippen LogP contribution >= 0.6 is 23.2 Å². The summed E-state index contributed by atoms with van der Waals surface area (Å²) in [4.78, 5) is 13.0. The first kappa shape index (κ1) is 31.1. The Kier molecular flexibility index (Phi) is 9.25. The molecule has 0 atom stereocenters. The number of hydrogen-bond acceptors (Lipinski definition) is 4. The molecule has 0 saturated carbocycles. The number of hydrogen-bond donors (Lipinski definition) is 1. The van der Waals surface area contributed by atoms with Crippen molar-refractivity contribution in [2.45, 2.75) is 32.2 Å². The first-order valence-corrected chi connectivity index (χ1v) is 16.0. The molecule has 0 aliphatic carbocycles. The molecule has 10 heteroatoms. The number of benzene rings is 4. The van der Waals surface area contributed by atoms with Crippen LogP contribution in [-0.4, -0.2) is 25.1 Å². The molecule has 1 N–H and O–H groups in total. The monoisotopic (exact) mass is 644 g/mol. The average Bonchev–Trinajstić information content (AvgIpc) is 3.30. The highest BCUT2D eigenvalue weighted by molar-refractivity contribution is 7.92. The molecule has 5 rings (SSSR count). The second kappa shape index (κ2) is 13.1. The summed E-state index contributed by atoms with van der Waals surface area (Å²) in [7, 11) is -3.91. The molecule has 1 aromatic heterocycles. The highest BCUT2D eigenvalue weighted by Crippen LogP contribution is 2.31. The van der Waals surface area contributed by atoms with Gasteiger partial charge in [0.1, 0.15) is 0 Å². The maximum absolute atomic E-state index is 13.7. The third kappa shape index (κ3) is 6.58. The fourth-order valence-electron chi connectivity index (χ4n) is 4.95. The summed E-state index contributed by atoms with van der Waals surface area (Å²) in [5.74, 6) is -0.396. The minimum atomic E-state index is -3.91. The highest BCUT2D eigenvalue weighted by Gasteiger charge is 2.26. The Morgan fingerprint density at radius 2 is 1.57 bits per heavy atom. The molecule has 7 nitrogen and oxygen atoms in total. The van der Waals surface area contributed by atoms with Gasteiger partial charge in [-0.25, -0.2) is 13.8 Å². The zero-order chi connectivity index (χ0) is 31.4. The lowest BCUT2D eigenvalue weighted by atomic mass is 10.1. The van der Waals surface area contributed by atoms with Gasteiger partial charge in [0.2, 0.25) is 0 Å². The van der Waals surface area contributed by atoms with Crippen LogP contribution in [0.25, 0.3) is 5.69 Å².